The maximum atomic E-state index is 12.4. The Morgan fingerprint density at radius 3 is 2.21 bits per heavy atom. The average Bonchev–Trinajstić information content (AvgIpc) is 3.04. The Morgan fingerprint density at radius 1 is 0.964 bits per heavy atom. The van der Waals surface area contributed by atoms with Crippen molar-refractivity contribution in [3.05, 3.63) is 23.8 Å². The van der Waals surface area contributed by atoms with Gasteiger partial charge >= 0.3 is 0 Å². The van der Waals surface area contributed by atoms with E-state index in [0.717, 1.165) is 25.2 Å². The van der Waals surface area contributed by atoms with Gasteiger partial charge in [0.2, 0.25) is 17.7 Å². The fourth-order valence-electron chi connectivity index (χ4n) is 3.63. The summed E-state index contributed by atoms with van der Waals surface area (Å²) in [5, 5.41) is 0. The largest absolute Gasteiger partial charge is 0.493 e. The molecular formula is C20H27N3O5. The summed E-state index contributed by atoms with van der Waals surface area (Å²) in [6.45, 7) is 3.83. The summed E-state index contributed by atoms with van der Waals surface area (Å²) in [7, 11) is 3.23. The fraction of sp³-hybridized carbons (Fsp3) is 0.550. The molecular weight excluding hydrogens is 362 g/mol. The highest BCUT2D eigenvalue weighted by Gasteiger charge is 2.30. The number of methoxy groups -OCH3 is 2. The van der Waals surface area contributed by atoms with Gasteiger partial charge in [-0.15, -0.1) is 0 Å². The van der Waals surface area contributed by atoms with Crippen LogP contribution in [0.4, 0.5) is 0 Å². The van der Waals surface area contributed by atoms with Crippen LogP contribution in [0.2, 0.25) is 0 Å². The zero-order chi connectivity index (χ0) is 20.1. The van der Waals surface area contributed by atoms with Crippen LogP contribution in [0.3, 0.4) is 0 Å². The Bertz CT molecular complexity index is 727. The highest BCUT2D eigenvalue weighted by Crippen LogP contribution is 2.28. The van der Waals surface area contributed by atoms with Gasteiger partial charge in [-0.1, -0.05) is 6.07 Å². The molecule has 8 heteroatoms. The number of hydrogen-bond donors (Lipinski definition) is 0. The zero-order valence-corrected chi connectivity index (χ0v) is 16.5. The van der Waals surface area contributed by atoms with Gasteiger partial charge in [0.15, 0.2) is 11.5 Å². The van der Waals surface area contributed by atoms with Crippen LogP contribution in [0.5, 0.6) is 11.5 Å². The minimum absolute atomic E-state index is 0.00160. The third-order valence-electron chi connectivity index (χ3n) is 5.28. The monoisotopic (exact) mass is 389 g/mol. The molecule has 28 heavy (non-hydrogen) atoms. The first-order valence-corrected chi connectivity index (χ1v) is 9.56. The summed E-state index contributed by atoms with van der Waals surface area (Å²) in [4.78, 5) is 41.0. The average molecular weight is 389 g/mol. The van der Waals surface area contributed by atoms with Crippen LogP contribution in [-0.4, -0.2) is 79.4 Å². The van der Waals surface area contributed by atoms with Gasteiger partial charge in [-0.05, 0) is 17.7 Å². The summed E-state index contributed by atoms with van der Waals surface area (Å²) < 4.78 is 10.6. The molecule has 1 aromatic carbocycles. The van der Waals surface area contributed by atoms with Gasteiger partial charge in [0.1, 0.15) is 0 Å². The van der Waals surface area contributed by atoms with Crippen molar-refractivity contribution in [3.63, 3.8) is 0 Å². The molecule has 1 aromatic rings. The van der Waals surface area contributed by atoms with Gasteiger partial charge in [-0.2, -0.15) is 0 Å². The number of likely N-dealkylation sites (tertiary alicyclic amines) is 1. The molecule has 0 radical (unpaired) electrons. The van der Waals surface area contributed by atoms with Crippen LogP contribution in [0.15, 0.2) is 18.2 Å². The Balaban J connectivity index is 1.46. The van der Waals surface area contributed by atoms with E-state index in [2.05, 4.69) is 4.90 Å². The highest BCUT2D eigenvalue weighted by molar-refractivity contribution is 6.02. The quantitative estimate of drug-likeness (QED) is 0.645. The number of piperazine rings is 1. The van der Waals surface area contributed by atoms with Gasteiger partial charge in [0.25, 0.3) is 0 Å². The van der Waals surface area contributed by atoms with Crippen molar-refractivity contribution in [3.8, 4) is 11.5 Å². The second-order valence-corrected chi connectivity index (χ2v) is 7.04. The lowest BCUT2D eigenvalue weighted by Crippen LogP contribution is -2.49. The van der Waals surface area contributed by atoms with Gasteiger partial charge in [0.05, 0.1) is 14.2 Å². The summed E-state index contributed by atoms with van der Waals surface area (Å²) in [5.74, 6) is 1.07. The number of carbonyl (C=O) groups excluding carboxylic acids is 3. The van der Waals surface area contributed by atoms with Crippen molar-refractivity contribution in [1.29, 1.82) is 0 Å². The Hall–Kier alpha value is -2.61. The summed E-state index contributed by atoms with van der Waals surface area (Å²) in [6.07, 6.45) is 0.733. The maximum Gasteiger partial charge on any atom is 0.229 e. The number of hydrogen-bond acceptors (Lipinski definition) is 6. The summed E-state index contributed by atoms with van der Waals surface area (Å²) in [5.41, 5.74) is 1.13. The molecule has 3 amide bonds. The Kier molecular flexibility index (Phi) is 6.51. The second kappa shape index (κ2) is 9.05. The second-order valence-electron chi connectivity index (χ2n) is 7.04. The van der Waals surface area contributed by atoms with Crippen LogP contribution in [0, 0.1) is 0 Å². The van der Waals surface area contributed by atoms with E-state index in [0.29, 0.717) is 24.6 Å². The SMILES string of the molecule is COc1ccc(CN2CCN(C(=O)CCN3C(=O)CCC3=O)CC2)cc1OC. The van der Waals surface area contributed by atoms with E-state index < -0.39 is 0 Å². The van der Waals surface area contributed by atoms with Crippen molar-refractivity contribution < 1.29 is 23.9 Å². The van der Waals surface area contributed by atoms with E-state index in [1.165, 1.54) is 4.90 Å². The third kappa shape index (κ3) is 4.62. The number of imide groups is 1. The van der Waals surface area contributed by atoms with Crippen LogP contribution >= 0.6 is 0 Å². The van der Waals surface area contributed by atoms with Crippen LogP contribution in [0.25, 0.3) is 0 Å². The normalized spacial score (nSPS) is 17.9. The molecule has 152 valence electrons. The first-order chi connectivity index (χ1) is 13.5. The van der Waals surface area contributed by atoms with E-state index in [9.17, 15) is 14.4 Å². The first kappa shape index (κ1) is 20.1. The molecule has 2 saturated heterocycles. The molecule has 3 rings (SSSR count). The smallest absolute Gasteiger partial charge is 0.229 e. The topological polar surface area (TPSA) is 79.4 Å². The molecule has 0 saturated carbocycles. The minimum atomic E-state index is -0.169. The van der Waals surface area contributed by atoms with Gasteiger partial charge in [-0.3, -0.25) is 24.2 Å². The van der Waals surface area contributed by atoms with E-state index in [-0.39, 0.29) is 43.5 Å². The lowest BCUT2D eigenvalue weighted by molar-refractivity contribution is -0.139. The van der Waals surface area contributed by atoms with Gasteiger partial charge < -0.3 is 14.4 Å². The maximum absolute atomic E-state index is 12.4. The van der Waals surface area contributed by atoms with E-state index >= 15 is 0 Å². The van der Waals surface area contributed by atoms with E-state index in [4.69, 9.17) is 9.47 Å². The van der Waals surface area contributed by atoms with Gasteiger partial charge in [0, 0.05) is 58.5 Å². The summed E-state index contributed by atoms with van der Waals surface area (Å²) in [6, 6.07) is 5.89. The molecule has 2 heterocycles. The zero-order valence-electron chi connectivity index (χ0n) is 16.5. The number of rotatable bonds is 7. The molecule has 0 spiro atoms. The lowest BCUT2D eigenvalue weighted by atomic mass is 10.1. The van der Waals surface area contributed by atoms with Crippen molar-refractivity contribution in [2.45, 2.75) is 25.8 Å². The molecule has 0 aromatic heterocycles. The van der Waals surface area contributed by atoms with Crippen molar-refractivity contribution in [2.24, 2.45) is 0 Å². The molecule has 2 fully saturated rings. The van der Waals surface area contributed by atoms with Crippen LogP contribution in [0.1, 0.15) is 24.8 Å². The minimum Gasteiger partial charge on any atom is -0.493 e. The molecule has 0 aliphatic carbocycles. The Morgan fingerprint density at radius 2 is 1.61 bits per heavy atom. The molecule has 0 unspecified atom stereocenters. The van der Waals surface area contributed by atoms with Crippen molar-refractivity contribution in [2.75, 3.05) is 46.9 Å². The number of benzene rings is 1. The predicted molar refractivity (Wildman–Crippen MR) is 102 cm³/mol. The number of ether oxygens (including phenoxy) is 2. The molecule has 2 aliphatic rings. The van der Waals surface area contributed by atoms with Gasteiger partial charge in [-0.25, -0.2) is 0 Å². The van der Waals surface area contributed by atoms with Crippen LogP contribution in [-0.2, 0) is 20.9 Å². The summed E-state index contributed by atoms with van der Waals surface area (Å²) >= 11 is 0. The first-order valence-electron chi connectivity index (χ1n) is 9.56. The fourth-order valence-corrected chi connectivity index (χ4v) is 3.63. The van der Waals surface area contributed by atoms with E-state index in [1.54, 1.807) is 14.2 Å². The predicted octanol–water partition coefficient (Wildman–Crippen LogP) is 0.887. The number of nitrogens with zero attached hydrogens (tertiary/aromatic N) is 3. The van der Waals surface area contributed by atoms with Crippen molar-refractivity contribution in [1.82, 2.24) is 14.7 Å². The van der Waals surface area contributed by atoms with Crippen LogP contribution < -0.4 is 9.47 Å². The molecule has 0 atom stereocenters. The van der Waals surface area contributed by atoms with Crippen molar-refractivity contribution >= 4 is 17.7 Å². The molecule has 8 nitrogen and oxygen atoms in total. The lowest BCUT2D eigenvalue weighted by Gasteiger charge is -2.35. The molecule has 0 bridgehead atoms. The number of carbonyl (C=O) groups is 3. The van der Waals surface area contributed by atoms with E-state index in [1.807, 2.05) is 23.1 Å². The Labute approximate surface area is 165 Å². The number of amides is 3. The standard InChI is InChI=1S/C20H27N3O5/c1-27-16-4-3-15(13-17(16)28-2)14-21-9-11-22(12-10-21)18(24)7-8-23-19(25)5-6-20(23)26/h3-4,13H,5-12,14H2,1-2H3. The molecule has 2 aliphatic heterocycles. The third-order valence-corrected chi connectivity index (χ3v) is 5.28. The molecule has 0 N–H and O–H groups in total. The highest BCUT2D eigenvalue weighted by atomic mass is 16.5.